The molecule has 0 radical (unpaired) electrons. The van der Waals surface area contributed by atoms with Gasteiger partial charge in [0, 0.05) is 12.4 Å². The first-order chi connectivity index (χ1) is 20.8. The monoisotopic (exact) mass is 572 g/mol. The van der Waals surface area contributed by atoms with Crippen molar-refractivity contribution in [3.05, 3.63) is 145 Å². The Morgan fingerprint density at radius 3 is 1.33 bits per heavy atom. The van der Waals surface area contributed by atoms with E-state index in [-0.39, 0.29) is 0 Å². The topological polar surface area (TPSA) is 25.8 Å². The average Bonchev–Trinajstić information content (AvgIpc) is 3.80. The van der Waals surface area contributed by atoms with Gasteiger partial charge in [0.25, 0.3) is 0 Å². The lowest BCUT2D eigenvalue weighted by molar-refractivity contribution is 1.42. The number of hydrogen-bond acceptors (Lipinski definition) is 4. The van der Waals surface area contributed by atoms with Crippen LogP contribution in [0.2, 0.25) is 0 Å². The Morgan fingerprint density at radius 2 is 0.810 bits per heavy atom. The van der Waals surface area contributed by atoms with Crippen molar-refractivity contribution in [1.29, 1.82) is 0 Å². The molecule has 0 aliphatic heterocycles. The van der Waals surface area contributed by atoms with Crippen molar-refractivity contribution in [2.45, 2.75) is 0 Å². The van der Waals surface area contributed by atoms with E-state index in [9.17, 15) is 0 Å². The minimum absolute atomic E-state index is 1.18. The molecule has 0 unspecified atom stereocenters. The van der Waals surface area contributed by atoms with E-state index in [1.54, 1.807) is 22.7 Å². The van der Waals surface area contributed by atoms with E-state index in [2.05, 4.69) is 131 Å². The lowest BCUT2D eigenvalue weighted by atomic mass is 9.84. The molecule has 0 atom stereocenters. The summed E-state index contributed by atoms with van der Waals surface area (Å²) in [5, 5.41) is 5.01. The summed E-state index contributed by atoms with van der Waals surface area (Å²) in [6, 6.07) is 44.3. The van der Waals surface area contributed by atoms with E-state index in [0.717, 1.165) is 0 Å². The van der Waals surface area contributed by atoms with E-state index >= 15 is 0 Å². The highest BCUT2D eigenvalue weighted by Gasteiger charge is 2.18. The largest absolute Gasteiger partial charge is 0.252 e. The van der Waals surface area contributed by atoms with Crippen LogP contribution in [-0.4, -0.2) is 9.97 Å². The maximum atomic E-state index is 4.27. The quantitative estimate of drug-likeness (QED) is 0.192. The van der Waals surface area contributed by atoms with E-state index in [0.29, 0.717) is 0 Å². The van der Waals surface area contributed by atoms with Crippen molar-refractivity contribution in [3.63, 3.8) is 0 Å². The van der Waals surface area contributed by atoms with Crippen LogP contribution in [-0.2, 0) is 0 Å². The number of fused-ring (bicyclic) bond motifs is 2. The zero-order chi connectivity index (χ0) is 27.9. The third-order valence-electron chi connectivity index (χ3n) is 7.91. The molecule has 6 aromatic carbocycles. The van der Waals surface area contributed by atoms with E-state index in [1.165, 1.54) is 75.8 Å². The molecule has 0 N–H and O–H groups in total. The molecule has 2 aromatic heterocycles. The SMILES string of the molecule is c1ccc(-c2ccc3c(-c4ccc(-c5cncs5)cc4)c4ccccc4c(-c4ccc(-c5cncs5)cc4)c3c2)cc1. The van der Waals surface area contributed by atoms with Crippen LogP contribution in [0.1, 0.15) is 0 Å². The Morgan fingerprint density at radius 1 is 0.357 bits per heavy atom. The lowest BCUT2D eigenvalue weighted by Crippen LogP contribution is -1.92. The summed E-state index contributed by atoms with van der Waals surface area (Å²) >= 11 is 3.34. The number of hydrogen-bond donors (Lipinski definition) is 0. The highest BCUT2D eigenvalue weighted by atomic mass is 32.1. The van der Waals surface area contributed by atoms with Gasteiger partial charge in [-0.1, -0.05) is 115 Å². The molecule has 0 fully saturated rings. The van der Waals surface area contributed by atoms with Gasteiger partial charge in [-0.3, -0.25) is 9.97 Å². The van der Waals surface area contributed by atoms with Crippen molar-refractivity contribution in [2.75, 3.05) is 0 Å². The number of benzene rings is 6. The molecule has 0 spiro atoms. The first kappa shape index (κ1) is 24.9. The van der Waals surface area contributed by atoms with Crippen LogP contribution >= 0.6 is 22.7 Å². The molecule has 4 heteroatoms. The van der Waals surface area contributed by atoms with Crippen LogP contribution in [0.3, 0.4) is 0 Å². The highest BCUT2D eigenvalue weighted by Crippen LogP contribution is 2.45. The van der Waals surface area contributed by atoms with Gasteiger partial charge >= 0.3 is 0 Å². The average molecular weight is 573 g/mol. The third kappa shape index (κ3) is 4.33. The van der Waals surface area contributed by atoms with Gasteiger partial charge in [0.1, 0.15) is 0 Å². The third-order valence-corrected chi connectivity index (χ3v) is 9.56. The molecule has 42 heavy (non-hydrogen) atoms. The van der Waals surface area contributed by atoms with Gasteiger partial charge in [0.15, 0.2) is 0 Å². The van der Waals surface area contributed by atoms with Crippen LogP contribution < -0.4 is 0 Å². The molecule has 0 aliphatic rings. The zero-order valence-electron chi connectivity index (χ0n) is 22.6. The van der Waals surface area contributed by atoms with E-state index in [4.69, 9.17) is 0 Å². The highest BCUT2D eigenvalue weighted by molar-refractivity contribution is 7.13. The fraction of sp³-hybridized carbons (Fsp3) is 0. The van der Waals surface area contributed by atoms with Gasteiger partial charge in [0.2, 0.25) is 0 Å². The minimum atomic E-state index is 1.18. The Balaban J connectivity index is 1.40. The van der Waals surface area contributed by atoms with Gasteiger partial charge in [0.05, 0.1) is 20.8 Å². The van der Waals surface area contributed by atoms with Crippen molar-refractivity contribution in [1.82, 2.24) is 9.97 Å². The minimum Gasteiger partial charge on any atom is -0.252 e. The summed E-state index contributed by atoms with van der Waals surface area (Å²) in [5.41, 5.74) is 13.5. The molecule has 2 heterocycles. The van der Waals surface area contributed by atoms with Crippen molar-refractivity contribution >= 4 is 44.2 Å². The van der Waals surface area contributed by atoms with Crippen LogP contribution in [0.15, 0.2) is 145 Å². The molecule has 0 saturated carbocycles. The van der Waals surface area contributed by atoms with E-state index < -0.39 is 0 Å². The molecular formula is C38H24N2S2. The number of nitrogens with zero attached hydrogens (tertiary/aromatic N) is 2. The Kier molecular flexibility index (Phi) is 6.21. The van der Waals surface area contributed by atoms with Gasteiger partial charge in [-0.15, -0.1) is 22.7 Å². The molecule has 0 amide bonds. The number of thiazole rings is 2. The maximum absolute atomic E-state index is 4.27. The smallest absolute Gasteiger partial charge is 0.0797 e. The molecule has 2 nitrogen and oxygen atoms in total. The van der Waals surface area contributed by atoms with Crippen molar-refractivity contribution < 1.29 is 0 Å². The first-order valence-corrected chi connectivity index (χ1v) is 15.6. The molecule has 8 rings (SSSR count). The summed E-state index contributed by atoms with van der Waals surface area (Å²) < 4.78 is 0. The van der Waals surface area contributed by atoms with E-state index in [1.807, 2.05) is 23.4 Å². The van der Waals surface area contributed by atoms with Crippen LogP contribution in [0.4, 0.5) is 0 Å². The van der Waals surface area contributed by atoms with Crippen LogP contribution in [0, 0.1) is 0 Å². The summed E-state index contributed by atoms with van der Waals surface area (Å²) in [6.45, 7) is 0. The molecule has 8 aromatic rings. The van der Waals surface area contributed by atoms with Gasteiger partial charge in [-0.25, -0.2) is 0 Å². The van der Waals surface area contributed by atoms with Crippen molar-refractivity contribution in [2.24, 2.45) is 0 Å². The molecular weight excluding hydrogens is 549 g/mol. The van der Waals surface area contributed by atoms with Crippen LogP contribution in [0.5, 0.6) is 0 Å². The first-order valence-electron chi connectivity index (χ1n) is 13.9. The summed E-state index contributed by atoms with van der Waals surface area (Å²) in [6.07, 6.45) is 3.87. The predicted octanol–water partition coefficient (Wildman–Crippen LogP) is 11.2. The molecule has 0 aliphatic carbocycles. The maximum Gasteiger partial charge on any atom is 0.0797 e. The summed E-state index contributed by atoms with van der Waals surface area (Å²) in [4.78, 5) is 10.9. The van der Waals surface area contributed by atoms with Gasteiger partial charge in [-0.05, 0) is 72.1 Å². The second kappa shape index (κ2) is 10.5. The Hall–Kier alpha value is -4.90. The normalized spacial score (nSPS) is 11.3. The zero-order valence-corrected chi connectivity index (χ0v) is 24.2. The second-order valence-electron chi connectivity index (χ2n) is 10.3. The Labute approximate surface area is 252 Å². The number of aromatic nitrogens is 2. The fourth-order valence-electron chi connectivity index (χ4n) is 5.93. The van der Waals surface area contributed by atoms with Gasteiger partial charge in [-0.2, -0.15) is 0 Å². The van der Waals surface area contributed by atoms with Gasteiger partial charge < -0.3 is 0 Å². The standard InChI is InChI=1S/C38H24N2S2/c1-2-6-25(7-3-1)30-18-19-33-34(20-30)38(29-16-12-27(13-17-29)36-22-40-24-42-36)32-9-5-4-8-31(32)37(33)28-14-10-26(11-15-28)35-21-39-23-41-35/h1-24H. The molecule has 198 valence electrons. The summed E-state index contributed by atoms with van der Waals surface area (Å²) in [5.74, 6) is 0. The fourth-order valence-corrected chi connectivity index (χ4v) is 7.19. The van der Waals surface area contributed by atoms with Crippen LogP contribution in [0.25, 0.3) is 75.8 Å². The predicted molar refractivity (Wildman–Crippen MR) is 180 cm³/mol. The van der Waals surface area contributed by atoms with Crippen molar-refractivity contribution in [3.8, 4) is 54.3 Å². The molecule has 0 saturated heterocycles. The molecule has 0 bridgehead atoms. The Bertz CT molecular complexity index is 2150. The number of rotatable bonds is 5. The lowest BCUT2D eigenvalue weighted by Gasteiger charge is -2.19. The summed E-state index contributed by atoms with van der Waals surface area (Å²) in [7, 11) is 0. The second-order valence-corrected chi connectivity index (χ2v) is 12.1.